The second kappa shape index (κ2) is 10.2. The number of allylic oxidation sites excluding steroid dienone is 1. The zero-order valence-electron chi connectivity index (χ0n) is 24.3. The van der Waals surface area contributed by atoms with Gasteiger partial charge in [-0.25, -0.2) is 0 Å². The second-order valence-electron chi connectivity index (χ2n) is 14.4. The lowest BCUT2D eigenvalue weighted by molar-refractivity contribution is -0.136. The number of likely N-dealkylation sites (tertiary alicyclic amines) is 1. The van der Waals surface area contributed by atoms with Crippen molar-refractivity contribution in [1.82, 2.24) is 15.1 Å². The first-order valence-corrected chi connectivity index (χ1v) is 15.8. The number of nitrogens with zero attached hydrogens (tertiary/aromatic N) is 3. The second-order valence-corrected chi connectivity index (χ2v) is 14.4. The number of fused-ring (bicyclic) bond motifs is 5. The van der Waals surface area contributed by atoms with Crippen molar-refractivity contribution in [3.63, 3.8) is 0 Å². The zero-order valence-corrected chi connectivity index (χ0v) is 24.3. The Morgan fingerprint density at radius 1 is 1.08 bits per heavy atom. The van der Waals surface area contributed by atoms with Gasteiger partial charge in [-0.1, -0.05) is 32.4 Å². The first-order chi connectivity index (χ1) is 18.6. The average molecular weight is 536 g/mol. The summed E-state index contributed by atoms with van der Waals surface area (Å²) < 4.78 is 0. The summed E-state index contributed by atoms with van der Waals surface area (Å²) in [7, 11) is 0. The number of hydrogen-bond acceptors (Lipinski definition) is 5. The molecule has 2 N–H and O–H groups in total. The van der Waals surface area contributed by atoms with Crippen molar-refractivity contribution >= 4 is 5.91 Å². The van der Waals surface area contributed by atoms with Crippen LogP contribution in [0.25, 0.3) is 0 Å². The summed E-state index contributed by atoms with van der Waals surface area (Å²) in [5.41, 5.74) is 2.14. The summed E-state index contributed by atoms with van der Waals surface area (Å²) in [6.07, 6.45) is 17.9. The SMILES string of the molecule is CC(CCC(=O)N1CCC(O)(c2ccnnc2)CC1)[C@H]1CC[C@H]2[C@@H]3CC=C4C[C@@H](O)CC[C@]4(C)[C@H]3CC[C@]12C. The Morgan fingerprint density at radius 2 is 1.87 bits per heavy atom. The number of carbonyl (C=O) groups is 1. The molecule has 0 spiro atoms. The van der Waals surface area contributed by atoms with Crippen molar-refractivity contribution in [2.24, 2.45) is 40.4 Å². The van der Waals surface area contributed by atoms with Crippen LogP contribution in [0.4, 0.5) is 0 Å². The molecule has 8 atom stereocenters. The van der Waals surface area contributed by atoms with Gasteiger partial charge in [0, 0.05) is 31.3 Å². The molecule has 1 amide bonds. The Kier molecular flexibility index (Phi) is 7.19. The highest BCUT2D eigenvalue weighted by Crippen LogP contribution is 2.67. The van der Waals surface area contributed by atoms with Gasteiger partial charge in [0.15, 0.2) is 0 Å². The fourth-order valence-corrected chi connectivity index (χ4v) is 10.3. The Morgan fingerprint density at radius 3 is 2.62 bits per heavy atom. The summed E-state index contributed by atoms with van der Waals surface area (Å²) in [6.45, 7) is 8.72. The molecule has 5 aliphatic rings. The first-order valence-electron chi connectivity index (χ1n) is 15.8. The summed E-state index contributed by atoms with van der Waals surface area (Å²) >= 11 is 0. The van der Waals surface area contributed by atoms with Crippen LogP contribution in [-0.4, -0.2) is 50.4 Å². The number of aliphatic hydroxyl groups is 2. The highest BCUT2D eigenvalue weighted by molar-refractivity contribution is 5.76. The molecular weight excluding hydrogens is 486 g/mol. The van der Waals surface area contributed by atoms with Crippen LogP contribution in [-0.2, 0) is 10.4 Å². The summed E-state index contributed by atoms with van der Waals surface area (Å²) in [4.78, 5) is 15.2. The maximum absolute atomic E-state index is 13.2. The van der Waals surface area contributed by atoms with Crippen molar-refractivity contribution in [2.45, 2.75) is 110 Å². The Bertz CT molecular complexity index is 1080. The number of carbonyl (C=O) groups excluding carboxylic acids is 1. The fourth-order valence-electron chi connectivity index (χ4n) is 10.3. The van der Waals surface area contributed by atoms with Crippen LogP contribution < -0.4 is 0 Å². The lowest BCUT2D eigenvalue weighted by Crippen LogP contribution is -2.50. The van der Waals surface area contributed by atoms with Gasteiger partial charge in [0.05, 0.1) is 17.9 Å². The molecule has 2 heterocycles. The third-order valence-corrected chi connectivity index (χ3v) is 12.7. The fraction of sp³-hybridized carbons (Fsp3) is 0.788. The van der Waals surface area contributed by atoms with E-state index in [-0.39, 0.29) is 12.0 Å². The Balaban J connectivity index is 1.05. The van der Waals surface area contributed by atoms with Crippen molar-refractivity contribution in [1.29, 1.82) is 0 Å². The van der Waals surface area contributed by atoms with E-state index in [9.17, 15) is 15.0 Å². The average Bonchev–Trinajstić information content (AvgIpc) is 3.30. The highest BCUT2D eigenvalue weighted by Gasteiger charge is 2.59. The monoisotopic (exact) mass is 535 g/mol. The highest BCUT2D eigenvalue weighted by atomic mass is 16.3. The van der Waals surface area contributed by atoms with E-state index in [4.69, 9.17) is 0 Å². The molecule has 6 rings (SSSR count). The van der Waals surface area contributed by atoms with Gasteiger partial charge in [-0.3, -0.25) is 4.79 Å². The van der Waals surface area contributed by atoms with E-state index in [1.807, 2.05) is 11.0 Å². The number of amides is 1. The van der Waals surface area contributed by atoms with Crippen molar-refractivity contribution < 1.29 is 15.0 Å². The molecule has 3 saturated carbocycles. The van der Waals surface area contributed by atoms with E-state index in [1.165, 1.54) is 32.1 Å². The van der Waals surface area contributed by atoms with E-state index in [2.05, 4.69) is 37.0 Å². The van der Waals surface area contributed by atoms with Crippen molar-refractivity contribution in [3.8, 4) is 0 Å². The molecule has 214 valence electrons. The quantitative estimate of drug-likeness (QED) is 0.477. The summed E-state index contributed by atoms with van der Waals surface area (Å²) in [6, 6.07) is 1.83. The molecule has 0 aromatic carbocycles. The lowest BCUT2D eigenvalue weighted by Gasteiger charge is -2.58. The largest absolute Gasteiger partial charge is 0.393 e. The zero-order chi connectivity index (χ0) is 27.4. The summed E-state index contributed by atoms with van der Waals surface area (Å²) in [5.74, 6) is 3.86. The van der Waals surface area contributed by atoms with Crippen molar-refractivity contribution in [2.75, 3.05) is 13.1 Å². The molecule has 0 bridgehead atoms. The lowest BCUT2D eigenvalue weighted by atomic mass is 9.47. The normalized spacial score (nSPS) is 40.2. The molecular formula is C33H49N3O3. The van der Waals surface area contributed by atoms with Gasteiger partial charge in [-0.15, -0.1) is 0 Å². The van der Waals surface area contributed by atoms with Gasteiger partial charge in [-0.05, 0) is 117 Å². The Hall–Kier alpha value is -1.79. The van der Waals surface area contributed by atoms with E-state index in [1.54, 1.807) is 18.0 Å². The van der Waals surface area contributed by atoms with Gasteiger partial charge in [0.25, 0.3) is 0 Å². The van der Waals surface area contributed by atoms with E-state index in [0.717, 1.165) is 49.0 Å². The first kappa shape index (κ1) is 27.4. The maximum Gasteiger partial charge on any atom is 0.222 e. The Labute approximate surface area is 234 Å². The standard InChI is InChI=1S/C33H49N3O3/c1-22(4-9-30(38)36-18-15-33(39,16-19-36)24-12-17-34-35-21-24)27-7-8-28-26-6-5-23-20-25(37)10-13-31(23,2)29(26)11-14-32(27,28)3/h5,12,17,21-22,25-29,37,39H,4,6-11,13-16,18-20H2,1-3H3/t22?,25-,26-,27+,28-,29-,31-,32+/m0/s1. The van der Waals surface area contributed by atoms with Crippen LogP contribution >= 0.6 is 0 Å². The predicted molar refractivity (Wildman–Crippen MR) is 151 cm³/mol. The molecule has 1 unspecified atom stereocenters. The predicted octanol–water partition coefficient (Wildman–Crippen LogP) is 5.64. The number of piperidine rings is 1. The molecule has 6 nitrogen and oxygen atoms in total. The van der Waals surface area contributed by atoms with E-state index < -0.39 is 5.60 Å². The van der Waals surface area contributed by atoms with Gasteiger partial charge >= 0.3 is 0 Å². The minimum atomic E-state index is -0.907. The molecule has 4 fully saturated rings. The van der Waals surface area contributed by atoms with Gasteiger partial charge in [0.1, 0.15) is 0 Å². The van der Waals surface area contributed by atoms with Crippen LogP contribution in [0.3, 0.4) is 0 Å². The number of hydrogen-bond donors (Lipinski definition) is 2. The molecule has 39 heavy (non-hydrogen) atoms. The van der Waals surface area contributed by atoms with E-state index in [0.29, 0.717) is 55.0 Å². The maximum atomic E-state index is 13.2. The van der Waals surface area contributed by atoms with Crippen LogP contribution in [0.5, 0.6) is 0 Å². The topological polar surface area (TPSA) is 86.6 Å². The smallest absolute Gasteiger partial charge is 0.222 e. The molecule has 1 saturated heterocycles. The summed E-state index contributed by atoms with van der Waals surface area (Å²) in [5, 5.41) is 29.1. The molecule has 6 heteroatoms. The number of aliphatic hydroxyl groups excluding tert-OH is 1. The van der Waals surface area contributed by atoms with Gasteiger partial charge in [-0.2, -0.15) is 10.2 Å². The minimum absolute atomic E-state index is 0.135. The van der Waals surface area contributed by atoms with Crippen LogP contribution in [0.15, 0.2) is 30.1 Å². The van der Waals surface area contributed by atoms with Crippen LogP contribution in [0.2, 0.25) is 0 Å². The number of aromatic nitrogens is 2. The van der Waals surface area contributed by atoms with E-state index >= 15 is 0 Å². The van der Waals surface area contributed by atoms with Gasteiger partial charge < -0.3 is 15.1 Å². The molecule has 1 aromatic rings. The molecule has 4 aliphatic carbocycles. The van der Waals surface area contributed by atoms with Crippen LogP contribution in [0, 0.1) is 40.4 Å². The van der Waals surface area contributed by atoms with Crippen LogP contribution in [0.1, 0.15) is 103 Å². The third kappa shape index (κ3) is 4.67. The molecule has 0 radical (unpaired) electrons. The molecule has 1 aliphatic heterocycles. The number of rotatable bonds is 5. The van der Waals surface area contributed by atoms with Gasteiger partial charge in [0.2, 0.25) is 5.91 Å². The van der Waals surface area contributed by atoms with Crippen molar-refractivity contribution in [3.05, 3.63) is 35.7 Å². The minimum Gasteiger partial charge on any atom is -0.393 e. The third-order valence-electron chi connectivity index (χ3n) is 12.7. The molecule has 1 aromatic heterocycles.